The maximum Gasteiger partial charge on any atom is 0.266 e. The van der Waals surface area contributed by atoms with Crippen LogP contribution in [0.2, 0.25) is 0 Å². The standard InChI is InChI=1S/C21H24N6OS/c1-13-19(29-14(2)24-13)20(28)27-11-5-6-17(27)18-16(15-7-9-22-10-8-15)12-23-21(25-18)26(3)4/h7-10,12,17H,5-6,11H2,1-4H3/t17-/m1/s1. The highest BCUT2D eigenvalue weighted by atomic mass is 32.1. The number of amides is 1. The summed E-state index contributed by atoms with van der Waals surface area (Å²) in [6, 6.07) is 3.82. The highest BCUT2D eigenvalue weighted by molar-refractivity contribution is 7.13. The van der Waals surface area contributed by atoms with Gasteiger partial charge in [0.1, 0.15) is 4.88 Å². The van der Waals surface area contributed by atoms with Crippen LogP contribution in [0.1, 0.15) is 45.0 Å². The van der Waals surface area contributed by atoms with Crippen LogP contribution in [0.5, 0.6) is 0 Å². The van der Waals surface area contributed by atoms with Crippen LogP contribution in [-0.4, -0.2) is 51.4 Å². The van der Waals surface area contributed by atoms with E-state index in [1.807, 2.05) is 56.1 Å². The molecule has 150 valence electrons. The largest absolute Gasteiger partial charge is 0.347 e. The molecule has 1 aliphatic heterocycles. The first-order valence-electron chi connectivity index (χ1n) is 9.65. The third-order valence-electron chi connectivity index (χ3n) is 5.12. The Morgan fingerprint density at radius 3 is 2.62 bits per heavy atom. The number of pyridine rings is 1. The number of carbonyl (C=O) groups is 1. The Bertz CT molecular complexity index is 1030. The molecule has 1 aliphatic rings. The summed E-state index contributed by atoms with van der Waals surface area (Å²) in [7, 11) is 3.85. The highest BCUT2D eigenvalue weighted by Crippen LogP contribution is 2.38. The number of carbonyl (C=O) groups excluding carboxylic acids is 1. The van der Waals surface area contributed by atoms with Gasteiger partial charge in [0.25, 0.3) is 5.91 Å². The zero-order valence-corrected chi connectivity index (χ0v) is 17.9. The number of hydrogen-bond acceptors (Lipinski definition) is 7. The molecule has 8 heteroatoms. The molecule has 4 rings (SSSR count). The van der Waals surface area contributed by atoms with Crippen molar-refractivity contribution >= 4 is 23.2 Å². The predicted molar refractivity (Wildman–Crippen MR) is 114 cm³/mol. The normalized spacial score (nSPS) is 16.3. The van der Waals surface area contributed by atoms with E-state index in [2.05, 4.69) is 15.0 Å². The third-order valence-corrected chi connectivity index (χ3v) is 6.18. The van der Waals surface area contributed by atoms with E-state index in [-0.39, 0.29) is 11.9 Å². The number of aromatic nitrogens is 4. The molecule has 29 heavy (non-hydrogen) atoms. The van der Waals surface area contributed by atoms with E-state index in [4.69, 9.17) is 4.98 Å². The molecule has 3 aromatic heterocycles. The lowest BCUT2D eigenvalue weighted by Crippen LogP contribution is -2.31. The molecule has 0 radical (unpaired) electrons. The van der Waals surface area contributed by atoms with Crippen LogP contribution in [0, 0.1) is 13.8 Å². The maximum absolute atomic E-state index is 13.4. The summed E-state index contributed by atoms with van der Waals surface area (Å²) < 4.78 is 0. The molecule has 0 N–H and O–H groups in total. The zero-order valence-electron chi connectivity index (χ0n) is 17.1. The van der Waals surface area contributed by atoms with E-state index in [1.165, 1.54) is 11.3 Å². The Morgan fingerprint density at radius 2 is 1.97 bits per heavy atom. The molecule has 0 bridgehead atoms. The van der Waals surface area contributed by atoms with Crippen molar-refractivity contribution < 1.29 is 4.79 Å². The summed E-state index contributed by atoms with van der Waals surface area (Å²) in [4.78, 5) is 35.9. The first-order chi connectivity index (χ1) is 14.0. The Kier molecular flexibility index (Phi) is 5.27. The van der Waals surface area contributed by atoms with Crippen molar-refractivity contribution in [2.75, 3.05) is 25.5 Å². The average molecular weight is 409 g/mol. The van der Waals surface area contributed by atoms with E-state index in [1.54, 1.807) is 12.4 Å². The fraction of sp³-hybridized carbons (Fsp3) is 0.381. The molecule has 1 atom stereocenters. The minimum absolute atomic E-state index is 0.0429. The molecular weight excluding hydrogens is 384 g/mol. The SMILES string of the molecule is Cc1nc(C)c(C(=O)N2CCC[C@@H]2c2nc(N(C)C)ncc2-c2ccncc2)s1. The van der Waals surface area contributed by atoms with Crippen LogP contribution >= 0.6 is 11.3 Å². The average Bonchev–Trinajstić information content (AvgIpc) is 3.33. The van der Waals surface area contributed by atoms with Crippen molar-refractivity contribution in [3.63, 3.8) is 0 Å². The lowest BCUT2D eigenvalue weighted by Gasteiger charge is -2.26. The van der Waals surface area contributed by atoms with Gasteiger partial charge in [-0.05, 0) is 44.4 Å². The summed E-state index contributed by atoms with van der Waals surface area (Å²) in [5, 5.41) is 0.913. The Morgan fingerprint density at radius 1 is 1.21 bits per heavy atom. The van der Waals surface area contributed by atoms with Crippen LogP contribution in [0.4, 0.5) is 5.95 Å². The molecule has 1 fully saturated rings. The molecule has 4 heterocycles. The minimum atomic E-state index is -0.0887. The Balaban J connectivity index is 1.78. The van der Waals surface area contributed by atoms with Crippen molar-refractivity contribution in [1.82, 2.24) is 24.8 Å². The van der Waals surface area contributed by atoms with Crippen molar-refractivity contribution in [3.05, 3.63) is 52.0 Å². The van der Waals surface area contributed by atoms with Crippen molar-refractivity contribution in [3.8, 4) is 11.1 Å². The minimum Gasteiger partial charge on any atom is -0.347 e. The molecule has 7 nitrogen and oxygen atoms in total. The number of likely N-dealkylation sites (tertiary alicyclic amines) is 1. The van der Waals surface area contributed by atoms with E-state index < -0.39 is 0 Å². The Labute approximate surface area is 174 Å². The molecular formula is C21H24N6OS. The van der Waals surface area contributed by atoms with E-state index in [9.17, 15) is 4.79 Å². The fourth-order valence-electron chi connectivity index (χ4n) is 3.76. The molecule has 1 saturated heterocycles. The second kappa shape index (κ2) is 7.87. The van der Waals surface area contributed by atoms with Crippen LogP contribution in [0.3, 0.4) is 0 Å². The summed E-state index contributed by atoms with van der Waals surface area (Å²) in [6.07, 6.45) is 7.21. The van der Waals surface area contributed by atoms with Gasteiger partial charge in [-0.2, -0.15) is 0 Å². The van der Waals surface area contributed by atoms with Crippen molar-refractivity contribution in [2.24, 2.45) is 0 Å². The summed E-state index contributed by atoms with van der Waals surface area (Å²) >= 11 is 1.46. The second-order valence-corrected chi connectivity index (χ2v) is 8.61. The smallest absolute Gasteiger partial charge is 0.266 e. The van der Waals surface area contributed by atoms with E-state index >= 15 is 0 Å². The van der Waals surface area contributed by atoms with Gasteiger partial charge in [0.2, 0.25) is 5.95 Å². The second-order valence-electron chi connectivity index (χ2n) is 7.40. The number of aryl methyl sites for hydroxylation is 2. The number of nitrogens with zero attached hydrogens (tertiary/aromatic N) is 6. The highest BCUT2D eigenvalue weighted by Gasteiger charge is 2.35. The Hall–Kier alpha value is -2.87. The quantitative estimate of drug-likeness (QED) is 0.656. The number of thiazole rings is 1. The lowest BCUT2D eigenvalue weighted by molar-refractivity contribution is 0.0737. The predicted octanol–water partition coefficient (Wildman–Crippen LogP) is 3.66. The maximum atomic E-state index is 13.4. The van der Waals surface area contributed by atoms with Gasteiger partial charge < -0.3 is 9.80 Å². The van der Waals surface area contributed by atoms with Gasteiger partial charge in [0.05, 0.1) is 22.4 Å². The van der Waals surface area contributed by atoms with Gasteiger partial charge in [-0.1, -0.05) is 0 Å². The molecule has 1 amide bonds. The van der Waals surface area contributed by atoms with Crippen molar-refractivity contribution in [2.45, 2.75) is 32.7 Å². The van der Waals surface area contributed by atoms with Crippen LogP contribution in [-0.2, 0) is 0 Å². The molecule has 0 spiro atoms. The van der Waals surface area contributed by atoms with Gasteiger partial charge in [0, 0.05) is 44.8 Å². The number of hydrogen-bond donors (Lipinski definition) is 0. The van der Waals surface area contributed by atoms with Gasteiger partial charge in [-0.25, -0.2) is 15.0 Å². The van der Waals surface area contributed by atoms with Gasteiger partial charge in [-0.15, -0.1) is 11.3 Å². The van der Waals surface area contributed by atoms with Crippen molar-refractivity contribution in [1.29, 1.82) is 0 Å². The van der Waals surface area contributed by atoms with E-state index in [0.717, 1.165) is 51.8 Å². The van der Waals surface area contributed by atoms with Crippen LogP contribution < -0.4 is 4.90 Å². The molecule has 0 unspecified atom stereocenters. The molecule has 0 saturated carbocycles. The summed E-state index contributed by atoms with van der Waals surface area (Å²) in [6.45, 7) is 4.56. The summed E-state index contributed by atoms with van der Waals surface area (Å²) in [5.74, 6) is 0.684. The van der Waals surface area contributed by atoms with Gasteiger partial charge in [0.15, 0.2) is 0 Å². The third kappa shape index (κ3) is 3.72. The molecule has 3 aromatic rings. The first kappa shape index (κ1) is 19.4. The zero-order chi connectivity index (χ0) is 20.5. The lowest BCUT2D eigenvalue weighted by atomic mass is 10.0. The number of rotatable bonds is 4. The monoisotopic (exact) mass is 408 g/mol. The van der Waals surface area contributed by atoms with Crippen LogP contribution in [0.15, 0.2) is 30.7 Å². The topological polar surface area (TPSA) is 75.1 Å². The number of anilines is 1. The molecule has 0 aromatic carbocycles. The summed E-state index contributed by atoms with van der Waals surface area (Å²) in [5.41, 5.74) is 3.64. The van der Waals surface area contributed by atoms with Gasteiger partial charge >= 0.3 is 0 Å². The van der Waals surface area contributed by atoms with Gasteiger partial charge in [-0.3, -0.25) is 9.78 Å². The molecule has 0 aliphatic carbocycles. The first-order valence-corrected chi connectivity index (χ1v) is 10.5. The van der Waals surface area contributed by atoms with E-state index in [0.29, 0.717) is 5.95 Å². The van der Waals surface area contributed by atoms with Crippen LogP contribution in [0.25, 0.3) is 11.1 Å². The fourth-order valence-corrected chi connectivity index (χ4v) is 4.64.